The standard InChI is InChI=1S/C19H15N5O/c1-12-8-17(13-2-4-14(5-3-13)19(20)25)23-18-9-15(6-7-16(12)18)24-11-21-10-22-24/h2-11H,1H3,(H2,20,25). The van der Waals surface area contributed by atoms with Crippen molar-refractivity contribution in [1.82, 2.24) is 19.7 Å². The van der Waals surface area contributed by atoms with Gasteiger partial charge in [-0.25, -0.2) is 14.6 Å². The molecule has 0 fully saturated rings. The average molecular weight is 329 g/mol. The Morgan fingerprint density at radius 1 is 1.08 bits per heavy atom. The number of carbonyl (C=O) groups is 1. The van der Waals surface area contributed by atoms with Crippen molar-refractivity contribution in [3.63, 3.8) is 0 Å². The van der Waals surface area contributed by atoms with Gasteiger partial charge < -0.3 is 5.73 Å². The summed E-state index contributed by atoms with van der Waals surface area (Å²) in [5.74, 6) is -0.438. The molecule has 0 aliphatic heterocycles. The van der Waals surface area contributed by atoms with Gasteiger partial charge in [-0.1, -0.05) is 18.2 Å². The number of carbonyl (C=O) groups excluding carboxylic acids is 1. The van der Waals surface area contributed by atoms with Crippen LogP contribution in [-0.4, -0.2) is 25.7 Å². The summed E-state index contributed by atoms with van der Waals surface area (Å²) in [5.41, 5.74) is 10.5. The topological polar surface area (TPSA) is 86.7 Å². The molecule has 2 N–H and O–H groups in total. The van der Waals surface area contributed by atoms with E-state index in [1.54, 1.807) is 23.1 Å². The molecule has 0 aliphatic rings. The van der Waals surface area contributed by atoms with E-state index in [1.807, 2.05) is 36.4 Å². The summed E-state index contributed by atoms with van der Waals surface area (Å²) in [6.45, 7) is 2.06. The molecule has 0 spiro atoms. The van der Waals surface area contributed by atoms with E-state index >= 15 is 0 Å². The maximum atomic E-state index is 11.2. The van der Waals surface area contributed by atoms with Crippen LogP contribution in [0.2, 0.25) is 0 Å². The van der Waals surface area contributed by atoms with Gasteiger partial charge in [0, 0.05) is 16.5 Å². The number of rotatable bonds is 3. The number of benzene rings is 2. The molecule has 1 amide bonds. The highest BCUT2D eigenvalue weighted by molar-refractivity contribution is 5.93. The molecule has 0 bridgehead atoms. The molecule has 2 aromatic carbocycles. The Hall–Kier alpha value is -3.54. The summed E-state index contributed by atoms with van der Waals surface area (Å²) >= 11 is 0. The van der Waals surface area contributed by atoms with Crippen molar-refractivity contribution in [3.8, 4) is 16.9 Å². The monoisotopic (exact) mass is 329 g/mol. The second-order valence-corrected chi connectivity index (χ2v) is 5.81. The quantitative estimate of drug-likeness (QED) is 0.626. The number of hydrogen-bond acceptors (Lipinski definition) is 4. The van der Waals surface area contributed by atoms with E-state index < -0.39 is 5.91 Å². The van der Waals surface area contributed by atoms with Crippen molar-refractivity contribution < 1.29 is 4.79 Å². The molecule has 0 unspecified atom stereocenters. The minimum Gasteiger partial charge on any atom is -0.366 e. The molecule has 0 saturated heterocycles. The fraction of sp³-hybridized carbons (Fsp3) is 0.0526. The first-order chi connectivity index (χ1) is 12.1. The molecule has 122 valence electrons. The van der Waals surface area contributed by atoms with Crippen LogP contribution < -0.4 is 5.73 Å². The smallest absolute Gasteiger partial charge is 0.248 e. The van der Waals surface area contributed by atoms with E-state index in [0.29, 0.717) is 5.56 Å². The number of hydrogen-bond donors (Lipinski definition) is 1. The van der Waals surface area contributed by atoms with Crippen LogP contribution in [0.15, 0.2) is 61.2 Å². The van der Waals surface area contributed by atoms with Crippen molar-refractivity contribution in [1.29, 1.82) is 0 Å². The zero-order valence-corrected chi connectivity index (χ0v) is 13.5. The summed E-state index contributed by atoms with van der Waals surface area (Å²) < 4.78 is 1.70. The fourth-order valence-electron chi connectivity index (χ4n) is 2.83. The van der Waals surface area contributed by atoms with Crippen LogP contribution in [0.5, 0.6) is 0 Å². The number of aromatic nitrogens is 4. The highest BCUT2D eigenvalue weighted by atomic mass is 16.1. The van der Waals surface area contributed by atoms with E-state index in [2.05, 4.69) is 17.0 Å². The summed E-state index contributed by atoms with van der Waals surface area (Å²) in [6, 6.07) is 15.2. The predicted molar refractivity (Wildman–Crippen MR) is 95.4 cm³/mol. The van der Waals surface area contributed by atoms with Gasteiger partial charge in [-0.15, -0.1) is 0 Å². The van der Waals surface area contributed by atoms with Gasteiger partial charge in [0.1, 0.15) is 12.7 Å². The minimum absolute atomic E-state index is 0.438. The average Bonchev–Trinajstić information content (AvgIpc) is 3.16. The lowest BCUT2D eigenvalue weighted by molar-refractivity contribution is 0.100. The Labute approximate surface area is 144 Å². The van der Waals surface area contributed by atoms with Crippen LogP contribution in [0.1, 0.15) is 15.9 Å². The lowest BCUT2D eigenvalue weighted by Crippen LogP contribution is -2.10. The van der Waals surface area contributed by atoms with Crippen molar-refractivity contribution in [2.45, 2.75) is 6.92 Å². The van der Waals surface area contributed by atoms with Gasteiger partial charge in [0.05, 0.1) is 16.9 Å². The number of primary amides is 1. The molecule has 6 heteroatoms. The van der Waals surface area contributed by atoms with E-state index in [1.165, 1.54) is 6.33 Å². The first-order valence-electron chi connectivity index (χ1n) is 7.78. The number of pyridine rings is 1. The fourth-order valence-corrected chi connectivity index (χ4v) is 2.83. The van der Waals surface area contributed by atoms with E-state index in [4.69, 9.17) is 10.7 Å². The van der Waals surface area contributed by atoms with Gasteiger partial charge in [0.25, 0.3) is 0 Å². The minimum atomic E-state index is -0.438. The molecule has 6 nitrogen and oxygen atoms in total. The number of amides is 1. The Balaban J connectivity index is 1.83. The normalized spacial score (nSPS) is 10.9. The molecule has 2 heterocycles. The van der Waals surface area contributed by atoms with E-state index in [9.17, 15) is 4.79 Å². The molecule has 25 heavy (non-hydrogen) atoms. The van der Waals surface area contributed by atoms with Gasteiger partial charge in [-0.2, -0.15) is 5.10 Å². The largest absolute Gasteiger partial charge is 0.366 e. The third-order valence-electron chi connectivity index (χ3n) is 4.15. The second kappa shape index (κ2) is 5.83. The van der Waals surface area contributed by atoms with Crippen LogP contribution in [0.4, 0.5) is 0 Å². The molecule has 0 saturated carbocycles. The van der Waals surface area contributed by atoms with Crippen LogP contribution in [0.3, 0.4) is 0 Å². The van der Waals surface area contributed by atoms with Crippen molar-refractivity contribution >= 4 is 16.8 Å². The first kappa shape index (κ1) is 15.0. The van der Waals surface area contributed by atoms with Crippen LogP contribution >= 0.6 is 0 Å². The molecular weight excluding hydrogens is 314 g/mol. The van der Waals surface area contributed by atoms with E-state index in [-0.39, 0.29) is 0 Å². The molecule has 0 aliphatic carbocycles. The molecule has 4 aromatic rings. The summed E-state index contributed by atoms with van der Waals surface area (Å²) in [7, 11) is 0. The SMILES string of the molecule is Cc1cc(-c2ccc(C(N)=O)cc2)nc2cc(-n3cncn3)ccc12. The van der Waals surface area contributed by atoms with Crippen LogP contribution in [0.25, 0.3) is 27.8 Å². The van der Waals surface area contributed by atoms with Gasteiger partial charge in [0.2, 0.25) is 5.91 Å². The first-order valence-corrected chi connectivity index (χ1v) is 7.78. The Bertz CT molecular complexity index is 1070. The van der Waals surface area contributed by atoms with Crippen molar-refractivity contribution in [3.05, 3.63) is 72.3 Å². The van der Waals surface area contributed by atoms with Crippen molar-refractivity contribution in [2.75, 3.05) is 0 Å². The maximum absolute atomic E-state index is 11.2. The highest BCUT2D eigenvalue weighted by Gasteiger charge is 2.08. The van der Waals surface area contributed by atoms with Gasteiger partial charge >= 0.3 is 0 Å². The molecular formula is C19H15N5O. The summed E-state index contributed by atoms with van der Waals surface area (Å²) in [6.07, 6.45) is 3.15. The molecule has 0 atom stereocenters. The maximum Gasteiger partial charge on any atom is 0.248 e. The summed E-state index contributed by atoms with van der Waals surface area (Å²) in [4.78, 5) is 20.0. The Morgan fingerprint density at radius 3 is 2.56 bits per heavy atom. The van der Waals surface area contributed by atoms with Gasteiger partial charge in [0.15, 0.2) is 0 Å². The summed E-state index contributed by atoms with van der Waals surface area (Å²) in [5, 5.41) is 5.24. The lowest BCUT2D eigenvalue weighted by Gasteiger charge is -2.09. The zero-order valence-electron chi connectivity index (χ0n) is 13.5. The number of aryl methyl sites for hydroxylation is 1. The predicted octanol–water partition coefficient (Wildman–Crippen LogP) is 2.89. The third kappa shape index (κ3) is 2.74. The highest BCUT2D eigenvalue weighted by Crippen LogP contribution is 2.26. The third-order valence-corrected chi connectivity index (χ3v) is 4.15. The van der Waals surface area contributed by atoms with Crippen LogP contribution in [0, 0.1) is 6.92 Å². The van der Waals surface area contributed by atoms with Crippen LogP contribution in [-0.2, 0) is 0 Å². The number of fused-ring (bicyclic) bond motifs is 1. The van der Waals surface area contributed by atoms with Gasteiger partial charge in [-0.05, 0) is 42.8 Å². The Morgan fingerprint density at radius 2 is 1.88 bits per heavy atom. The van der Waals surface area contributed by atoms with Crippen molar-refractivity contribution in [2.24, 2.45) is 5.73 Å². The molecule has 2 aromatic heterocycles. The molecule has 0 radical (unpaired) electrons. The van der Waals surface area contributed by atoms with Gasteiger partial charge in [-0.3, -0.25) is 4.79 Å². The number of nitrogens with two attached hydrogens (primary N) is 1. The number of nitrogens with zero attached hydrogens (tertiary/aromatic N) is 4. The van der Waals surface area contributed by atoms with E-state index in [0.717, 1.165) is 33.4 Å². The second-order valence-electron chi connectivity index (χ2n) is 5.81. The molecule has 4 rings (SSSR count). The lowest BCUT2D eigenvalue weighted by atomic mass is 10.0. The zero-order chi connectivity index (χ0) is 17.4. The Kier molecular flexibility index (Phi) is 3.50.